The molecule has 322 valence electrons. The Morgan fingerprint density at radius 1 is 0.338 bits per heavy atom. The Labute approximate surface area is 393 Å². The maximum atomic E-state index is 9.67. The minimum atomic E-state index is 0.423. The maximum absolute atomic E-state index is 9.67. The molecule has 68 heavy (non-hydrogen) atoms. The Balaban J connectivity index is 1.04. The molecule has 0 saturated carbocycles. The van der Waals surface area contributed by atoms with Crippen LogP contribution in [0.25, 0.3) is 76.2 Å². The van der Waals surface area contributed by atoms with E-state index >= 15 is 0 Å². The van der Waals surface area contributed by atoms with Gasteiger partial charge in [-0.2, -0.15) is 10.5 Å². The van der Waals surface area contributed by atoms with Gasteiger partial charge in [0, 0.05) is 77.2 Å². The van der Waals surface area contributed by atoms with E-state index in [1.54, 1.807) is 0 Å². The number of nitriles is 2. The van der Waals surface area contributed by atoms with Crippen LogP contribution >= 0.6 is 0 Å². The molecule has 0 atom stereocenters. The maximum Gasteiger partial charge on any atom is 0.0991 e. The van der Waals surface area contributed by atoms with E-state index in [4.69, 9.17) is 0 Å². The van der Waals surface area contributed by atoms with Gasteiger partial charge in [-0.3, -0.25) is 0 Å². The first-order chi connectivity index (χ1) is 33.3. The van der Waals surface area contributed by atoms with Gasteiger partial charge in [-0.1, -0.05) is 100 Å². The lowest BCUT2D eigenvalue weighted by molar-refractivity contribution is 0.866. The van der Waals surface area contributed by atoms with E-state index in [1.807, 2.05) is 48.5 Å². The summed E-state index contributed by atoms with van der Waals surface area (Å²) in [6, 6.07) is 70.1. The van der Waals surface area contributed by atoms with Gasteiger partial charge in [-0.15, -0.1) is 0 Å². The lowest BCUT2D eigenvalue weighted by atomic mass is 10.0. The summed E-state index contributed by atoms with van der Waals surface area (Å²) in [6.45, 7) is 8.89. The number of fused-ring (bicyclic) bond motifs is 12. The molecular weight excluding hydrogens is 829 g/mol. The van der Waals surface area contributed by atoms with Crippen molar-refractivity contribution in [2.24, 2.45) is 0 Å². The average molecular weight is 873 g/mol. The van der Waals surface area contributed by atoms with Crippen LogP contribution in [0.4, 0.5) is 34.1 Å². The third-order valence-electron chi connectivity index (χ3n) is 14.4. The van der Waals surface area contributed by atoms with Gasteiger partial charge in [-0.25, -0.2) is 0 Å². The zero-order valence-corrected chi connectivity index (χ0v) is 38.2. The molecule has 4 aromatic heterocycles. The van der Waals surface area contributed by atoms with E-state index in [2.05, 4.69) is 192 Å². The molecule has 0 N–H and O–H groups in total. The van der Waals surface area contributed by atoms with Crippen LogP contribution in [0.15, 0.2) is 182 Å². The topological polar surface area (TPSA) is 62.9 Å². The smallest absolute Gasteiger partial charge is 0.0991 e. The van der Waals surface area contributed by atoms with Crippen molar-refractivity contribution in [2.45, 2.75) is 39.5 Å². The second-order valence-electron chi connectivity index (χ2n) is 18.8. The normalized spacial score (nSPS) is 12.1. The van der Waals surface area contributed by atoms with E-state index in [9.17, 15) is 10.5 Å². The highest BCUT2D eigenvalue weighted by atomic mass is 15.1. The van der Waals surface area contributed by atoms with Crippen molar-refractivity contribution < 1.29 is 0 Å². The van der Waals surface area contributed by atoms with Crippen molar-refractivity contribution in [1.29, 1.82) is 10.5 Å². The lowest BCUT2D eigenvalue weighted by Gasteiger charge is -2.26. The largest absolute Gasteiger partial charge is 0.310 e. The number of rotatable bonds is 8. The summed E-state index contributed by atoms with van der Waals surface area (Å²) >= 11 is 0. The minimum absolute atomic E-state index is 0.423. The van der Waals surface area contributed by atoms with Crippen LogP contribution in [-0.2, 0) is 0 Å². The third kappa shape index (κ3) is 5.74. The van der Waals surface area contributed by atoms with Gasteiger partial charge in [0.1, 0.15) is 0 Å². The molecule has 13 aromatic rings. The molecule has 9 aromatic carbocycles. The van der Waals surface area contributed by atoms with Crippen molar-refractivity contribution in [2.75, 3.05) is 9.80 Å². The van der Waals surface area contributed by atoms with Gasteiger partial charge in [0.25, 0.3) is 0 Å². The van der Waals surface area contributed by atoms with Crippen LogP contribution in [0.5, 0.6) is 0 Å². The number of para-hydroxylation sites is 2. The summed E-state index contributed by atoms with van der Waals surface area (Å²) in [5.74, 6) is 0.846. The number of nitrogens with zero attached hydrogens (tertiary/aromatic N) is 6. The van der Waals surface area contributed by atoms with Crippen LogP contribution in [-0.4, -0.2) is 8.80 Å². The molecule has 0 amide bonds. The first-order valence-corrected chi connectivity index (χ1v) is 23.4. The fourth-order valence-corrected chi connectivity index (χ4v) is 11.0. The van der Waals surface area contributed by atoms with Crippen molar-refractivity contribution in [1.82, 2.24) is 8.80 Å². The average Bonchev–Trinajstić information content (AvgIpc) is 4.10. The SMILES string of the molecule is CC(C)c1ccc(N(c2ccc(C#N)cc2)c2ccc3c4cccc5c6cc7c(cc6n(c3c2)c45)c2cccc3c4ccc(N(c5ccc(C#N)cc5)c5ccc(C(C)C)cc5)cc4n7c32)cc1. The molecular formula is C62H44N6. The Bertz CT molecular complexity index is 3920. The standard InChI is InChI=1S/C62H44N6/c1-37(2)41-15-23-45(24-16-41)65(43-19-11-39(35-63)12-20-43)47-27-29-49-51-7-5-9-53-55-34-60-56(33-59(55)67(61(51)53)57(49)31-47)54-10-6-8-52-50-30-28-48(32-58(50)68(60)62(52)54)66(44-21-13-40(36-64)14-22-44)46-25-17-42(18-26-46)38(3)4/h5-34,37-38H,1-4H3. The van der Waals surface area contributed by atoms with E-state index in [0.717, 1.165) is 45.2 Å². The molecule has 6 heteroatoms. The Kier molecular flexibility index (Phi) is 8.62. The highest BCUT2D eigenvalue weighted by Gasteiger charge is 2.25. The molecule has 6 nitrogen and oxygen atoms in total. The summed E-state index contributed by atoms with van der Waals surface area (Å²) in [5, 5.41) is 29.1. The highest BCUT2D eigenvalue weighted by molar-refractivity contribution is 6.29. The van der Waals surface area contributed by atoms with Gasteiger partial charge in [-0.05, 0) is 132 Å². The lowest BCUT2D eigenvalue weighted by Crippen LogP contribution is -2.10. The Hall–Kier alpha value is -8.84. The second kappa shape index (κ2) is 14.8. The summed E-state index contributed by atoms with van der Waals surface area (Å²) in [7, 11) is 0. The number of hydrogen-bond donors (Lipinski definition) is 0. The molecule has 0 aliphatic heterocycles. The monoisotopic (exact) mass is 872 g/mol. The van der Waals surface area contributed by atoms with E-state index in [1.165, 1.54) is 76.3 Å². The number of benzene rings is 9. The van der Waals surface area contributed by atoms with Crippen molar-refractivity contribution in [3.05, 3.63) is 204 Å². The van der Waals surface area contributed by atoms with E-state index < -0.39 is 0 Å². The van der Waals surface area contributed by atoms with Gasteiger partial charge in [0.2, 0.25) is 0 Å². The Morgan fingerprint density at radius 3 is 0.985 bits per heavy atom. The minimum Gasteiger partial charge on any atom is -0.310 e. The molecule has 4 heterocycles. The first kappa shape index (κ1) is 39.5. The van der Waals surface area contributed by atoms with Crippen LogP contribution in [0.2, 0.25) is 0 Å². The predicted molar refractivity (Wildman–Crippen MR) is 283 cm³/mol. The van der Waals surface area contributed by atoms with Gasteiger partial charge in [0.05, 0.1) is 56.4 Å². The third-order valence-corrected chi connectivity index (χ3v) is 14.4. The van der Waals surface area contributed by atoms with Crippen LogP contribution in [0.3, 0.4) is 0 Å². The summed E-state index contributed by atoms with van der Waals surface area (Å²) in [4.78, 5) is 4.59. The molecule has 0 saturated heterocycles. The number of hydrogen-bond acceptors (Lipinski definition) is 4. The van der Waals surface area contributed by atoms with Gasteiger partial charge >= 0.3 is 0 Å². The zero-order valence-electron chi connectivity index (χ0n) is 38.2. The zero-order chi connectivity index (χ0) is 45.9. The quantitative estimate of drug-likeness (QED) is 0.153. The molecule has 0 aliphatic carbocycles. The second-order valence-corrected chi connectivity index (χ2v) is 18.8. The van der Waals surface area contributed by atoms with Gasteiger partial charge in [0.15, 0.2) is 0 Å². The number of aromatic nitrogens is 2. The predicted octanol–water partition coefficient (Wildman–Crippen LogP) is 16.9. The molecule has 0 spiro atoms. The van der Waals surface area contributed by atoms with Crippen LogP contribution < -0.4 is 9.80 Å². The van der Waals surface area contributed by atoms with Crippen molar-refractivity contribution >= 4 is 110 Å². The molecule has 13 rings (SSSR count). The fraction of sp³-hybridized carbons (Fsp3) is 0.0968. The summed E-state index contributed by atoms with van der Waals surface area (Å²) < 4.78 is 4.98. The Morgan fingerprint density at radius 2 is 0.647 bits per heavy atom. The molecule has 0 aliphatic rings. The highest BCUT2D eigenvalue weighted by Crippen LogP contribution is 2.47. The number of anilines is 6. The van der Waals surface area contributed by atoms with E-state index in [0.29, 0.717) is 23.0 Å². The van der Waals surface area contributed by atoms with Crippen LogP contribution in [0.1, 0.15) is 61.8 Å². The van der Waals surface area contributed by atoms with Crippen LogP contribution in [0, 0.1) is 22.7 Å². The molecule has 0 fully saturated rings. The van der Waals surface area contributed by atoms with Crippen molar-refractivity contribution in [3.63, 3.8) is 0 Å². The fourth-order valence-electron chi connectivity index (χ4n) is 11.0. The van der Waals surface area contributed by atoms with E-state index in [-0.39, 0.29) is 0 Å². The van der Waals surface area contributed by atoms with Gasteiger partial charge < -0.3 is 18.6 Å². The molecule has 0 bridgehead atoms. The summed E-state index contributed by atoms with van der Waals surface area (Å²) in [6.07, 6.45) is 0. The molecule has 0 unspecified atom stereocenters. The summed E-state index contributed by atoms with van der Waals surface area (Å²) in [5.41, 5.74) is 17.2. The molecule has 0 radical (unpaired) electrons. The van der Waals surface area contributed by atoms with Crippen molar-refractivity contribution in [3.8, 4) is 12.1 Å². The first-order valence-electron chi connectivity index (χ1n) is 23.4.